The summed E-state index contributed by atoms with van der Waals surface area (Å²) in [7, 11) is -3.39. The highest BCUT2D eigenvalue weighted by atomic mass is 79.9. The van der Waals surface area contributed by atoms with Crippen molar-refractivity contribution in [3.05, 3.63) is 27.1 Å². The first kappa shape index (κ1) is 14.5. The van der Waals surface area contributed by atoms with Gasteiger partial charge in [-0.3, -0.25) is 0 Å². The third-order valence-corrected chi connectivity index (χ3v) is 6.43. The van der Waals surface area contributed by atoms with E-state index in [2.05, 4.69) is 31.9 Å². The van der Waals surface area contributed by atoms with Crippen molar-refractivity contribution in [2.45, 2.75) is 24.7 Å². The molecule has 1 aromatic rings. The number of nitrogens with zero attached hydrogens (tertiary/aromatic N) is 1. The van der Waals surface area contributed by atoms with Crippen LogP contribution in [-0.2, 0) is 10.0 Å². The van der Waals surface area contributed by atoms with Crippen LogP contribution >= 0.6 is 31.9 Å². The Morgan fingerprint density at radius 2 is 2.00 bits per heavy atom. The lowest BCUT2D eigenvalue weighted by Gasteiger charge is -2.21. The third-order valence-electron chi connectivity index (χ3n) is 3.02. The van der Waals surface area contributed by atoms with Crippen LogP contribution < -0.4 is 0 Å². The summed E-state index contributed by atoms with van der Waals surface area (Å²) in [5.74, 6) is 0.550. The van der Waals surface area contributed by atoms with Crippen molar-refractivity contribution in [2.75, 3.05) is 13.1 Å². The molecule has 0 unspecified atom stereocenters. The summed E-state index contributed by atoms with van der Waals surface area (Å²) in [6, 6.07) is 5.15. The molecule has 100 valence electrons. The zero-order valence-electron chi connectivity index (χ0n) is 10.1. The van der Waals surface area contributed by atoms with Gasteiger partial charge in [0.1, 0.15) is 0 Å². The Bertz CT molecular complexity index is 541. The second-order valence-corrected chi connectivity index (χ2v) is 8.15. The van der Waals surface area contributed by atoms with Crippen molar-refractivity contribution in [1.82, 2.24) is 4.31 Å². The van der Waals surface area contributed by atoms with Crippen LogP contribution in [0, 0.1) is 5.92 Å². The highest BCUT2D eigenvalue weighted by Gasteiger charge is 2.31. The van der Waals surface area contributed by atoms with Crippen LogP contribution in [0.3, 0.4) is 0 Å². The molecule has 0 heterocycles. The lowest BCUT2D eigenvalue weighted by atomic mass is 10.4. The van der Waals surface area contributed by atoms with Crippen LogP contribution in [0.25, 0.3) is 0 Å². The lowest BCUT2D eigenvalue weighted by molar-refractivity contribution is 0.411. The zero-order valence-corrected chi connectivity index (χ0v) is 14.1. The van der Waals surface area contributed by atoms with Gasteiger partial charge in [-0.2, -0.15) is 4.31 Å². The van der Waals surface area contributed by atoms with E-state index in [1.54, 1.807) is 22.5 Å². The first-order valence-electron chi connectivity index (χ1n) is 5.90. The van der Waals surface area contributed by atoms with E-state index in [-0.39, 0.29) is 0 Å². The van der Waals surface area contributed by atoms with Crippen LogP contribution in [0.5, 0.6) is 0 Å². The summed E-state index contributed by atoms with van der Waals surface area (Å²) < 4.78 is 28.1. The standard InChI is InChI=1S/C12H15Br2NO2S/c1-2-15(8-9-3-4-9)18(16,17)12-6-5-10(13)7-11(12)14/h5-7,9H,2-4,8H2,1H3. The Balaban J connectivity index is 2.32. The van der Waals surface area contributed by atoms with Gasteiger partial charge in [-0.15, -0.1) is 0 Å². The molecule has 2 rings (SSSR count). The van der Waals surface area contributed by atoms with Crippen LogP contribution in [0.2, 0.25) is 0 Å². The van der Waals surface area contributed by atoms with Crippen molar-refractivity contribution in [1.29, 1.82) is 0 Å². The predicted molar refractivity (Wildman–Crippen MR) is 79.0 cm³/mol. The molecule has 0 saturated heterocycles. The molecule has 0 aromatic heterocycles. The zero-order chi connectivity index (χ0) is 13.3. The number of rotatable bonds is 5. The molecule has 0 radical (unpaired) electrons. The first-order chi connectivity index (χ1) is 8.45. The predicted octanol–water partition coefficient (Wildman–Crippen LogP) is 3.63. The van der Waals surface area contributed by atoms with Crippen LogP contribution in [-0.4, -0.2) is 25.8 Å². The van der Waals surface area contributed by atoms with Gasteiger partial charge >= 0.3 is 0 Å². The Hall–Kier alpha value is 0.0900. The number of halogens is 2. The van der Waals surface area contributed by atoms with Gasteiger partial charge in [0, 0.05) is 22.0 Å². The fourth-order valence-electron chi connectivity index (χ4n) is 1.81. The monoisotopic (exact) mass is 395 g/mol. The fourth-order valence-corrected chi connectivity index (χ4v) is 5.04. The SMILES string of the molecule is CCN(CC1CC1)S(=O)(=O)c1ccc(Br)cc1Br. The lowest BCUT2D eigenvalue weighted by Crippen LogP contribution is -2.33. The molecule has 18 heavy (non-hydrogen) atoms. The van der Waals surface area contributed by atoms with Crippen LogP contribution in [0.1, 0.15) is 19.8 Å². The van der Waals surface area contributed by atoms with Gasteiger partial charge in [0.05, 0.1) is 4.90 Å². The van der Waals surface area contributed by atoms with Crippen molar-refractivity contribution < 1.29 is 8.42 Å². The smallest absolute Gasteiger partial charge is 0.207 e. The molecule has 0 spiro atoms. The molecule has 1 aromatic carbocycles. The summed E-state index contributed by atoms with van der Waals surface area (Å²) in [4.78, 5) is 0.341. The van der Waals surface area contributed by atoms with E-state index in [1.807, 2.05) is 6.92 Å². The highest BCUT2D eigenvalue weighted by Crippen LogP contribution is 2.33. The van der Waals surface area contributed by atoms with Gasteiger partial charge in [0.2, 0.25) is 10.0 Å². The van der Waals surface area contributed by atoms with Gasteiger partial charge in [0.15, 0.2) is 0 Å². The Morgan fingerprint density at radius 3 is 2.50 bits per heavy atom. The van der Waals surface area contributed by atoms with Gasteiger partial charge < -0.3 is 0 Å². The summed E-state index contributed by atoms with van der Waals surface area (Å²) in [6.45, 7) is 3.04. The maximum Gasteiger partial charge on any atom is 0.244 e. The second-order valence-electron chi connectivity index (χ2n) is 4.47. The van der Waals surface area contributed by atoms with E-state index in [1.165, 1.54) is 0 Å². The summed E-state index contributed by atoms with van der Waals surface area (Å²) in [5, 5.41) is 0. The Kier molecular flexibility index (Phi) is 4.52. The molecule has 0 bridgehead atoms. The molecule has 0 amide bonds. The topological polar surface area (TPSA) is 37.4 Å². The van der Waals surface area contributed by atoms with Gasteiger partial charge in [0.25, 0.3) is 0 Å². The van der Waals surface area contributed by atoms with Gasteiger partial charge in [-0.05, 0) is 52.9 Å². The fraction of sp³-hybridized carbons (Fsp3) is 0.500. The average Bonchev–Trinajstić information content (AvgIpc) is 3.08. The summed E-state index contributed by atoms with van der Waals surface area (Å²) in [5.41, 5.74) is 0. The molecule has 1 aliphatic carbocycles. The Morgan fingerprint density at radius 1 is 1.33 bits per heavy atom. The molecular formula is C12H15Br2NO2S. The van der Waals surface area contributed by atoms with Crippen LogP contribution in [0.15, 0.2) is 32.0 Å². The van der Waals surface area contributed by atoms with E-state index in [0.29, 0.717) is 28.4 Å². The number of sulfonamides is 1. The maximum atomic E-state index is 12.5. The van der Waals surface area contributed by atoms with E-state index in [9.17, 15) is 8.42 Å². The molecule has 0 aliphatic heterocycles. The van der Waals surface area contributed by atoms with E-state index < -0.39 is 10.0 Å². The van der Waals surface area contributed by atoms with Crippen molar-refractivity contribution in [3.63, 3.8) is 0 Å². The number of hydrogen-bond donors (Lipinski definition) is 0. The maximum absolute atomic E-state index is 12.5. The van der Waals surface area contributed by atoms with E-state index in [0.717, 1.165) is 17.3 Å². The molecule has 1 fully saturated rings. The molecule has 3 nitrogen and oxygen atoms in total. The molecule has 1 aliphatic rings. The van der Waals surface area contributed by atoms with E-state index >= 15 is 0 Å². The third kappa shape index (κ3) is 3.15. The first-order valence-corrected chi connectivity index (χ1v) is 8.93. The van der Waals surface area contributed by atoms with E-state index in [4.69, 9.17) is 0 Å². The summed E-state index contributed by atoms with van der Waals surface area (Å²) >= 11 is 6.66. The number of benzene rings is 1. The molecular weight excluding hydrogens is 382 g/mol. The number of hydrogen-bond acceptors (Lipinski definition) is 2. The van der Waals surface area contributed by atoms with Crippen molar-refractivity contribution in [3.8, 4) is 0 Å². The van der Waals surface area contributed by atoms with Crippen LogP contribution in [0.4, 0.5) is 0 Å². The molecule has 1 saturated carbocycles. The van der Waals surface area contributed by atoms with Crippen molar-refractivity contribution >= 4 is 41.9 Å². The minimum Gasteiger partial charge on any atom is -0.207 e. The second kappa shape index (κ2) is 5.61. The van der Waals surface area contributed by atoms with Gasteiger partial charge in [-0.25, -0.2) is 8.42 Å². The average molecular weight is 397 g/mol. The van der Waals surface area contributed by atoms with Gasteiger partial charge in [-0.1, -0.05) is 22.9 Å². The Labute approximate surface area is 125 Å². The van der Waals surface area contributed by atoms with Crippen molar-refractivity contribution in [2.24, 2.45) is 5.92 Å². The molecule has 0 N–H and O–H groups in total. The summed E-state index contributed by atoms with van der Waals surface area (Å²) in [6.07, 6.45) is 2.29. The quantitative estimate of drug-likeness (QED) is 0.761. The molecule has 0 atom stereocenters. The largest absolute Gasteiger partial charge is 0.244 e. The minimum atomic E-state index is -3.39. The normalized spacial score (nSPS) is 16.2. The molecule has 6 heteroatoms. The minimum absolute atomic E-state index is 0.341. The highest BCUT2D eigenvalue weighted by molar-refractivity contribution is 9.11.